The van der Waals surface area contributed by atoms with Crippen LogP contribution in [0.2, 0.25) is 0 Å². The maximum absolute atomic E-state index is 11.9. The number of fused-ring (bicyclic) bond motifs is 1. The second-order valence-electron chi connectivity index (χ2n) is 4.06. The molecule has 0 saturated carbocycles. The molecule has 0 aliphatic heterocycles. The lowest BCUT2D eigenvalue weighted by atomic mass is 10.1. The normalized spacial score (nSPS) is 11.0. The molecule has 0 bridgehead atoms. The summed E-state index contributed by atoms with van der Waals surface area (Å²) in [5, 5.41) is 17.6. The van der Waals surface area contributed by atoms with Crippen LogP contribution in [-0.4, -0.2) is 15.3 Å². The molecule has 2 heterocycles. The summed E-state index contributed by atoms with van der Waals surface area (Å²) in [6.07, 6.45) is 0. The molecular formula is C12H9N3O4. The van der Waals surface area contributed by atoms with E-state index >= 15 is 0 Å². The standard InChI is InChI=1S/C12H9N3O4/c1-5-2-3-6-7(4-5)18-11(17)8(9(6)16)10-14-15-12(13)19-10/h2-4,16H,1H3,(H2,13,15). The van der Waals surface area contributed by atoms with E-state index in [0.717, 1.165) is 5.56 Å². The number of nitrogens with zero attached hydrogens (tertiary/aromatic N) is 2. The van der Waals surface area contributed by atoms with Crippen LogP contribution in [-0.2, 0) is 0 Å². The van der Waals surface area contributed by atoms with Crippen LogP contribution in [0, 0.1) is 6.92 Å². The predicted octanol–water partition coefficient (Wildman–Crippen LogP) is 1.44. The molecule has 0 spiro atoms. The highest BCUT2D eigenvalue weighted by Crippen LogP contribution is 2.32. The summed E-state index contributed by atoms with van der Waals surface area (Å²) < 4.78 is 10.1. The van der Waals surface area contributed by atoms with Crippen LogP contribution < -0.4 is 11.4 Å². The van der Waals surface area contributed by atoms with Crippen molar-refractivity contribution in [3.05, 3.63) is 34.2 Å². The number of nitrogens with two attached hydrogens (primary N) is 1. The summed E-state index contributed by atoms with van der Waals surface area (Å²) in [5.41, 5.74) is 5.53. The summed E-state index contributed by atoms with van der Waals surface area (Å²) >= 11 is 0. The van der Waals surface area contributed by atoms with Crippen LogP contribution in [0.5, 0.6) is 5.75 Å². The second-order valence-corrected chi connectivity index (χ2v) is 4.06. The van der Waals surface area contributed by atoms with Crippen LogP contribution >= 0.6 is 0 Å². The fourth-order valence-electron chi connectivity index (χ4n) is 1.82. The van der Waals surface area contributed by atoms with E-state index in [0.29, 0.717) is 11.0 Å². The number of aromatic nitrogens is 2. The number of anilines is 1. The zero-order valence-corrected chi connectivity index (χ0v) is 9.88. The number of benzene rings is 1. The minimum Gasteiger partial charge on any atom is -0.506 e. The van der Waals surface area contributed by atoms with Gasteiger partial charge < -0.3 is 19.7 Å². The fraction of sp³-hybridized carbons (Fsp3) is 0.0833. The highest BCUT2D eigenvalue weighted by Gasteiger charge is 2.20. The summed E-state index contributed by atoms with van der Waals surface area (Å²) in [6, 6.07) is 4.89. The predicted molar refractivity (Wildman–Crippen MR) is 66.6 cm³/mol. The molecule has 0 aliphatic rings. The minimum atomic E-state index is -0.765. The number of aryl methyl sites for hydroxylation is 1. The first-order chi connectivity index (χ1) is 9.06. The van der Waals surface area contributed by atoms with Crippen molar-refractivity contribution in [1.82, 2.24) is 10.2 Å². The molecule has 1 aromatic carbocycles. The molecule has 0 amide bonds. The average Bonchev–Trinajstić information content (AvgIpc) is 2.75. The molecule has 0 fully saturated rings. The van der Waals surface area contributed by atoms with E-state index in [1.807, 2.05) is 6.92 Å². The molecule has 0 aliphatic carbocycles. The van der Waals surface area contributed by atoms with E-state index in [1.165, 1.54) is 0 Å². The van der Waals surface area contributed by atoms with Gasteiger partial charge in [-0.15, -0.1) is 5.10 Å². The van der Waals surface area contributed by atoms with E-state index in [4.69, 9.17) is 14.6 Å². The Kier molecular flexibility index (Phi) is 2.28. The number of hydrogen-bond acceptors (Lipinski definition) is 7. The third-order valence-electron chi connectivity index (χ3n) is 2.69. The van der Waals surface area contributed by atoms with Crippen molar-refractivity contribution in [3.8, 4) is 17.2 Å². The Balaban J connectivity index is 2.38. The molecule has 7 heteroatoms. The van der Waals surface area contributed by atoms with Gasteiger partial charge in [-0.05, 0) is 24.6 Å². The number of nitrogen functional groups attached to an aromatic ring is 1. The van der Waals surface area contributed by atoms with E-state index in [-0.39, 0.29) is 23.2 Å². The highest BCUT2D eigenvalue weighted by atomic mass is 16.4. The third-order valence-corrected chi connectivity index (χ3v) is 2.69. The van der Waals surface area contributed by atoms with E-state index in [2.05, 4.69) is 10.2 Å². The van der Waals surface area contributed by atoms with Crippen molar-refractivity contribution in [1.29, 1.82) is 0 Å². The quantitative estimate of drug-likeness (QED) is 0.635. The zero-order chi connectivity index (χ0) is 13.6. The Morgan fingerprint density at radius 3 is 2.74 bits per heavy atom. The lowest BCUT2D eigenvalue weighted by Gasteiger charge is -2.03. The second kappa shape index (κ2) is 3.84. The molecular weight excluding hydrogens is 250 g/mol. The van der Waals surface area contributed by atoms with Gasteiger partial charge in [0.25, 0.3) is 5.89 Å². The van der Waals surface area contributed by atoms with Gasteiger partial charge in [0.05, 0.1) is 5.39 Å². The largest absolute Gasteiger partial charge is 0.506 e. The van der Waals surface area contributed by atoms with Gasteiger partial charge in [-0.1, -0.05) is 11.2 Å². The first-order valence-electron chi connectivity index (χ1n) is 5.42. The Morgan fingerprint density at radius 1 is 1.26 bits per heavy atom. The highest BCUT2D eigenvalue weighted by molar-refractivity contribution is 5.89. The summed E-state index contributed by atoms with van der Waals surface area (Å²) in [4.78, 5) is 11.9. The number of hydrogen-bond donors (Lipinski definition) is 2. The average molecular weight is 259 g/mol. The van der Waals surface area contributed by atoms with Crippen molar-refractivity contribution >= 4 is 17.0 Å². The lowest BCUT2D eigenvalue weighted by molar-refractivity contribution is 0.465. The summed E-state index contributed by atoms with van der Waals surface area (Å²) in [6.45, 7) is 1.85. The van der Waals surface area contributed by atoms with Crippen LogP contribution in [0.4, 0.5) is 6.01 Å². The van der Waals surface area contributed by atoms with Crippen molar-refractivity contribution < 1.29 is 13.9 Å². The maximum Gasteiger partial charge on any atom is 0.353 e. The van der Waals surface area contributed by atoms with Gasteiger partial charge in [-0.2, -0.15) is 0 Å². The minimum absolute atomic E-state index is 0.175. The Labute approximate surface area is 106 Å². The molecule has 3 rings (SSSR count). The molecule has 19 heavy (non-hydrogen) atoms. The van der Waals surface area contributed by atoms with Gasteiger partial charge in [-0.25, -0.2) is 4.79 Å². The van der Waals surface area contributed by atoms with Crippen molar-refractivity contribution in [2.24, 2.45) is 0 Å². The Morgan fingerprint density at radius 2 is 2.05 bits per heavy atom. The number of aromatic hydroxyl groups is 1. The van der Waals surface area contributed by atoms with Crippen LogP contribution in [0.3, 0.4) is 0 Å². The van der Waals surface area contributed by atoms with Crippen molar-refractivity contribution in [3.63, 3.8) is 0 Å². The first-order valence-corrected chi connectivity index (χ1v) is 5.42. The van der Waals surface area contributed by atoms with Crippen molar-refractivity contribution in [2.75, 3.05) is 5.73 Å². The van der Waals surface area contributed by atoms with Gasteiger partial charge in [0.2, 0.25) is 0 Å². The van der Waals surface area contributed by atoms with Gasteiger partial charge in [-0.3, -0.25) is 0 Å². The Bertz CT molecular complexity index is 835. The van der Waals surface area contributed by atoms with E-state index in [1.54, 1.807) is 18.2 Å². The molecule has 7 nitrogen and oxygen atoms in total. The van der Waals surface area contributed by atoms with Crippen LogP contribution in [0.25, 0.3) is 22.4 Å². The summed E-state index contributed by atoms with van der Waals surface area (Å²) in [7, 11) is 0. The maximum atomic E-state index is 11.9. The molecule has 3 aromatic rings. The topological polar surface area (TPSA) is 115 Å². The third kappa shape index (κ3) is 1.71. The number of rotatable bonds is 1. The van der Waals surface area contributed by atoms with Gasteiger partial charge >= 0.3 is 11.6 Å². The van der Waals surface area contributed by atoms with E-state index in [9.17, 15) is 9.90 Å². The van der Waals surface area contributed by atoms with Crippen LogP contribution in [0.1, 0.15) is 5.56 Å². The van der Waals surface area contributed by atoms with E-state index < -0.39 is 5.63 Å². The molecule has 96 valence electrons. The monoisotopic (exact) mass is 259 g/mol. The smallest absolute Gasteiger partial charge is 0.353 e. The molecule has 3 N–H and O–H groups in total. The Hall–Kier alpha value is -2.83. The molecule has 0 radical (unpaired) electrons. The van der Waals surface area contributed by atoms with Crippen LogP contribution in [0.15, 0.2) is 31.8 Å². The van der Waals surface area contributed by atoms with Crippen molar-refractivity contribution in [2.45, 2.75) is 6.92 Å². The SMILES string of the molecule is Cc1ccc2c(O)c(-c3nnc(N)o3)c(=O)oc2c1. The lowest BCUT2D eigenvalue weighted by Crippen LogP contribution is -2.04. The van der Waals surface area contributed by atoms with Gasteiger partial charge in [0.1, 0.15) is 11.3 Å². The van der Waals surface area contributed by atoms with Gasteiger partial charge in [0, 0.05) is 0 Å². The molecule has 0 saturated heterocycles. The molecule has 2 aromatic heterocycles. The zero-order valence-electron chi connectivity index (χ0n) is 9.88. The molecule has 0 atom stereocenters. The first kappa shape index (κ1) is 11.3. The van der Waals surface area contributed by atoms with Gasteiger partial charge in [0.15, 0.2) is 5.56 Å². The summed E-state index contributed by atoms with van der Waals surface area (Å²) in [5.74, 6) is -0.443. The molecule has 0 unspecified atom stereocenters. The fourth-order valence-corrected chi connectivity index (χ4v) is 1.82.